The molecular weight excluding hydrogens is 322 g/mol. The van der Waals surface area contributed by atoms with Crippen LogP contribution in [0.4, 0.5) is 0 Å². The first-order chi connectivity index (χ1) is 11.5. The summed E-state index contributed by atoms with van der Waals surface area (Å²) in [6.07, 6.45) is 3.25. The van der Waals surface area contributed by atoms with Gasteiger partial charge in [0.2, 0.25) is 5.91 Å². The largest absolute Gasteiger partial charge is 0.345 e. The first-order valence-corrected chi connectivity index (χ1v) is 8.05. The number of imidazole rings is 1. The van der Waals surface area contributed by atoms with Crippen molar-refractivity contribution in [2.75, 3.05) is 0 Å². The van der Waals surface area contributed by atoms with Gasteiger partial charge in [-0.15, -0.1) is 0 Å². The Bertz CT molecular complexity index is 928. The van der Waals surface area contributed by atoms with E-state index in [1.165, 1.54) is 6.08 Å². The third-order valence-electron chi connectivity index (χ3n) is 3.92. The molecule has 1 N–H and O–H groups in total. The Labute approximate surface area is 145 Å². The molecule has 0 spiro atoms. The predicted molar refractivity (Wildman–Crippen MR) is 97.8 cm³/mol. The number of carbonyl (C=O) groups excluding carboxylic acids is 1. The second kappa shape index (κ2) is 6.89. The standard InChI is InChI=1S/C19H18ClN3O/c1-13-7-8-14(11-15(13)20)9-10-19(24)21-12-18-22-16-5-3-4-6-17(16)23(18)2/h3-11H,12H2,1-2H3,(H,21,24)/b10-9+. The minimum absolute atomic E-state index is 0.168. The minimum atomic E-state index is -0.168. The lowest BCUT2D eigenvalue weighted by Gasteiger charge is -2.03. The SMILES string of the molecule is Cc1ccc(/C=C/C(=O)NCc2nc3ccccc3n2C)cc1Cl. The maximum absolute atomic E-state index is 12.0. The Morgan fingerprint density at radius 1 is 1.29 bits per heavy atom. The Morgan fingerprint density at radius 3 is 2.83 bits per heavy atom. The van der Waals surface area contributed by atoms with Gasteiger partial charge in [-0.3, -0.25) is 4.79 Å². The summed E-state index contributed by atoms with van der Waals surface area (Å²) in [5.74, 6) is 0.648. The Balaban J connectivity index is 1.65. The van der Waals surface area contributed by atoms with Gasteiger partial charge in [0.25, 0.3) is 0 Å². The van der Waals surface area contributed by atoms with Crippen LogP contribution in [0.2, 0.25) is 5.02 Å². The first kappa shape index (κ1) is 16.3. The Kier molecular flexibility index (Phi) is 4.67. The van der Waals surface area contributed by atoms with Gasteiger partial charge in [0.05, 0.1) is 17.6 Å². The average molecular weight is 340 g/mol. The number of carbonyl (C=O) groups is 1. The maximum atomic E-state index is 12.0. The highest BCUT2D eigenvalue weighted by Gasteiger charge is 2.07. The number of halogens is 1. The second-order valence-corrected chi connectivity index (χ2v) is 6.04. The normalized spacial score (nSPS) is 11.3. The number of benzene rings is 2. The van der Waals surface area contributed by atoms with Crippen LogP contribution in [0.5, 0.6) is 0 Å². The molecular formula is C19H18ClN3O. The number of hydrogen-bond donors (Lipinski definition) is 1. The van der Waals surface area contributed by atoms with E-state index in [2.05, 4.69) is 10.3 Å². The van der Waals surface area contributed by atoms with Gasteiger partial charge in [0, 0.05) is 18.1 Å². The molecule has 1 amide bonds. The van der Waals surface area contributed by atoms with E-state index >= 15 is 0 Å². The summed E-state index contributed by atoms with van der Waals surface area (Å²) in [5.41, 5.74) is 3.88. The fourth-order valence-electron chi connectivity index (χ4n) is 2.46. The maximum Gasteiger partial charge on any atom is 0.244 e. The molecule has 0 saturated heterocycles. The molecule has 1 aromatic heterocycles. The molecule has 4 nitrogen and oxygen atoms in total. The molecule has 0 radical (unpaired) electrons. The fourth-order valence-corrected chi connectivity index (χ4v) is 2.65. The summed E-state index contributed by atoms with van der Waals surface area (Å²) < 4.78 is 1.99. The van der Waals surface area contributed by atoms with Crippen LogP contribution in [0.3, 0.4) is 0 Å². The van der Waals surface area contributed by atoms with E-state index in [9.17, 15) is 4.79 Å². The lowest BCUT2D eigenvalue weighted by atomic mass is 10.1. The molecule has 2 aromatic carbocycles. The molecule has 3 rings (SSSR count). The smallest absolute Gasteiger partial charge is 0.244 e. The number of nitrogens with zero attached hydrogens (tertiary/aromatic N) is 2. The molecule has 0 atom stereocenters. The van der Waals surface area contributed by atoms with Crippen molar-refractivity contribution in [1.29, 1.82) is 0 Å². The monoisotopic (exact) mass is 339 g/mol. The first-order valence-electron chi connectivity index (χ1n) is 7.67. The van der Waals surface area contributed by atoms with Crippen molar-refractivity contribution < 1.29 is 4.79 Å². The lowest BCUT2D eigenvalue weighted by Crippen LogP contribution is -2.22. The van der Waals surface area contributed by atoms with E-state index < -0.39 is 0 Å². The van der Waals surface area contributed by atoms with Gasteiger partial charge < -0.3 is 9.88 Å². The number of aromatic nitrogens is 2. The van der Waals surface area contributed by atoms with E-state index in [-0.39, 0.29) is 5.91 Å². The van der Waals surface area contributed by atoms with Gasteiger partial charge in [0.15, 0.2) is 0 Å². The number of aryl methyl sites for hydroxylation is 2. The van der Waals surface area contributed by atoms with Gasteiger partial charge in [-0.1, -0.05) is 35.9 Å². The average Bonchev–Trinajstić information content (AvgIpc) is 2.90. The summed E-state index contributed by atoms with van der Waals surface area (Å²) in [5, 5.41) is 3.55. The summed E-state index contributed by atoms with van der Waals surface area (Å²) in [4.78, 5) is 16.5. The van der Waals surface area contributed by atoms with Crippen LogP contribution in [0.25, 0.3) is 17.1 Å². The molecule has 3 aromatic rings. The summed E-state index contributed by atoms with van der Waals surface area (Å²) in [7, 11) is 1.95. The van der Waals surface area contributed by atoms with Crippen molar-refractivity contribution in [3.63, 3.8) is 0 Å². The molecule has 5 heteroatoms. The van der Waals surface area contributed by atoms with Crippen molar-refractivity contribution in [3.8, 4) is 0 Å². The van der Waals surface area contributed by atoms with E-state index in [1.807, 2.05) is 61.0 Å². The number of fused-ring (bicyclic) bond motifs is 1. The number of hydrogen-bond acceptors (Lipinski definition) is 2. The fraction of sp³-hybridized carbons (Fsp3) is 0.158. The lowest BCUT2D eigenvalue weighted by molar-refractivity contribution is -0.116. The van der Waals surface area contributed by atoms with Crippen LogP contribution in [0, 0.1) is 6.92 Å². The molecule has 0 fully saturated rings. The number of para-hydroxylation sites is 2. The zero-order valence-electron chi connectivity index (χ0n) is 13.6. The van der Waals surface area contributed by atoms with Gasteiger partial charge in [-0.2, -0.15) is 0 Å². The Morgan fingerprint density at radius 2 is 2.08 bits per heavy atom. The topological polar surface area (TPSA) is 46.9 Å². The second-order valence-electron chi connectivity index (χ2n) is 5.64. The van der Waals surface area contributed by atoms with Crippen molar-refractivity contribution in [2.24, 2.45) is 7.05 Å². The van der Waals surface area contributed by atoms with Crippen LogP contribution in [0.15, 0.2) is 48.5 Å². The molecule has 0 saturated carbocycles. The van der Waals surface area contributed by atoms with Gasteiger partial charge in [-0.25, -0.2) is 4.98 Å². The summed E-state index contributed by atoms with van der Waals surface area (Å²) in [6.45, 7) is 2.32. The van der Waals surface area contributed by atoms with Crippen molar-refractivity contribution in [3.05, 3.63) is 70.5 Å². The molecule has 0 aliphatic carbocycles. The summed E-state index contributed by atoms with van der Waals surface area (Å²) >= 11 is 6.08. The van der Waals surface area contributed by atoms with E-state index in [4.69, 9.17) is 11.6 Å². The number of nitrogens with one attached hydrogen (secondary N) is 1. The highest BCUT2D eigenvalue weighted by atomic mass is 35.5. The zero-order chi connectivity index (χ0) is 17.1. The van der Waals surface area contributed by atoms with Gasteiger partial charge in [-0.05, 0) is 42.3 Å². The van der Waals surface area contributed by atoms with Gasteiger partial charge >= 0.3 is 0 Å². The third kappa shape index (κ3) is 3.49. The number of rotatable bonds is 4. The highest BCUT2D eigenvalue weighted by Crippen LogP contribution is 2.17. The van der Waals surface area contributed by atoms with E-state index in [0.717, 1.165) is 28.0 Å². The van der Waals surface area contributed by atoms with Crippen molar-refractivity contribution in [2.45, 2.75) is 13.5 Å². The molecule has 1 heterocycles. The van der Waals surface area contributed by atoms with E-state index in [0.29, 0.717) is 11.6 Å². The molecule has 122 valence electrons. The van der Waals surface area contributed by atoms with Gasteiger partial charge in [0.1, 0.15) is 5.82 Å². The van der Waals surface area contributed by atoms with E-state index in [1.54, 1.807) is 6.08 Å². The van der Waals surface area contributed by atoms with Crippen molar-refractivity contribution >= 4 is 34.6 Å². The molecule has 0 unspecified atom stereocenters. The predicted octanol–water partition coefficient (Wildman–Crippen LogP) is 3.86. The van der Waals surface area contributed by atoms with Crippen LogP contribution in [0.1, 0.15) is 17.0 Å². The third-order valence-corrected chi connectivity index (χ3v) is 4.33. The summed E-state index contributed by atoms with van der Waals surface area (Å²) in [6, 6.07) is 13.6. The van der Waals surface area contributed by atoms with Crippen LogP contribution in [-0.2, 0) is 18.4 Å². The molecule has 24 heavy (non-hydrogen) atoms. The zero-order valence-corrected chi connectivity index (χ0v) is 14.3. The molecule has 0 aliphatic heterocycles. The molecule has 0 aliphatic rings. The van der Waals surface area contributed by atoms with Crippen LogP contribution < -0.4 is 5.32 Å². The quantitative estimate of drug-likeness (QED) is 0.733. The van der Waals surface area contributed by atoms with Crippen LogP contribution in [-0.4, -0.2) is 15.5 Å². The van der Waals surface area contributed by atoms with Crippen LogP contribution >= 0.6 is 11.6 Å². The van der Waals surface area contributed by atoms with Crippen molar-refractivity contribution in [1.82, 2.24) is 14.9 Å². The minimum Gasteiger partial charge on any atom is -0.345 e. The molecule has 0 bridgehead atoms. The Hall–Kier alpha value is -2.59. The number of amides is 1. The highest BCUT2D eigenvalue weighted by molar-refractivity contribution is 6.31.